The van der Waals surface area contributed by atoms with Crippen LogP contribution < -0.4 is 0 Å². The average molecular weight is 489 g/mol. The first kappa shape index (κ1) is 23.2. The van der Waals surface area contributed by atoms with Crippen molar-refractivity contribution >= 4 is 32.9 Å². The lowest BCUT2D eigenvalue weighted by Gasteiger charge is -2.16. The van der Waals surface area contributed by atoms with Gasteiger partial charge in [0.2, 0.25) is 0 Å². The summed E-state index contributed by atoms with van der Waals surface area (Å²) in [4.78, 5) is 9.83. The Kier molecular flexibility index (Phi) is 5.47. The zero-order valence-electron chi connectivity index (χ0n) is 15.5. The maximum absolute atomic E-state index is 13.3. The molecule has 0 spiro atoms. The summed E-state index contributed by atoms with van der Waals surface area (Å²) in [5.74, 6) is -0.270. The molecule has 31 heavy (non-hydrogen) atoms. The summed E-state index contributed by atoms with van der Waals surface area (Å²) < 4.78 is 113. The highest BCUT2D eigenvalue weighted by Crippen LogP contribution is 2.40. The number of hydrogen-bond donors (Lipinski definition) is 1. The third-order valence-electron chi connectivity index (χ3n) is 4.36. The number of aromatic nitrogens is 4. The van der Waals surface area contributed by atoms with Gasteiger partial charge in [-0.3, -0.25) is 9.54 Å². The molecular formula is C16H11ClF6N4O3S. The van der Waals surface area contributed by atoms with Crippen molar-refractivity contribution in [2.75, 3.05) is 0 Å². The van der Waals surface area contributed by atoms with E-state index in [9.17, 15) is 39.3 Å². The largest absolute Gasteiger partial charge is 0.419 e. The van der Waals surface area contributed by atoms with E-state index in [4.69, 9.17) is 11.6 Å². The maximum atomic E-state index is 13.3. The predicted octanol–water partition coefficient (Wildman–Crippen LogP) is 4.53. The third-order valence-corrected chi connectivity index (χ3v) is 5.63. The average Bonchev–Trinajstić information content (AvgIpc) is 2.93. The van der Waals surface area contributed by atoms with Gasteiger partial charge < -0.3 is 4.57 Å². The lowest BCUT2D eigenvalue weighted by Crippen LogP contribution is -2.17. The summed E-state index contributed by atoms with van der Waals surface area (Å²) >= 11 is 5.60. The number of hydrogen-bond acceptors (Lipinski definition) is 5. The molecule has 3 rings (SSSR count). The van der Waals surface area contributed by atoms with Crippen LogP contribution in [0.3, 0.4) is 0 Å². The van der Waals surface area contributed by atoms with Gasteiger partial charge in [-0.1, -0.05) is 18.5 Å². The van der Waals surface area contributed by atoms with Crippen LogP contribution in [0.1, 0.15) is 23.6 Å². The zero-order chi connectivity index (χ0) is 23.5. The van der Waals surface area contributed by atoms with Crippen molar-refractivity contribution < 1.29 is 39.3 Å². The fourth-order valence-corrected chi connectivity index (χ4v) is 4.29. The quantitative estimate of drug-likeness (QED) is 0.330. The highest BCUT2D eigenvalue weighted by atomic mass is 35.5. The molecule has 0 unspecified atom stereocenters. The number of aryl methyl sites for hydroxylation is 1. The van der Waals surface area contributed by atoms with Gasteiger partial charge in [0.1, 0.15) is 21.3 Å². The van der Waals surface area contributed by atoms with E-state index in [0.29, 0.717) is 6.07 Å². The molecule has 0 bridgehead atoms. The highest BCUT2D eigenvalue weighted by molar-refractivity contribution is 7.86. The van der Waals surface area contributed by atoms with E-state index in [1.165, 1.54) is 14.0 Å². The van der Waals surface area contributed by atoms with Gasteiger partial charge in [-0.25, -0.2) is 9.97 Å². The molecule has 3 heterocycles. The smallest absolute Gasteiger partial charge is 0.310 e. The molecule has 0 aliphatic heterocycles. The van der Waals surface area contributed by atoms with E-state index in [2.05, 4.69) is 15.0 Å². The summed E-state index contributed by atoms with van der Waals surface area (Å²) in [6.45, 7) is 1.31. The molecule has 15 heteroatoms. The van der Waals surface area contributed by atoms with Crippen LogP contribution in [-0.4, -0.2) is 32.5 Å². The van der Waals surface area contributed by atoms with Crippen LogP contribution in [0.4, 0.5) is 26.3 Å². The third kappa shape index (κ3) is 4.06. The van der Waals surface area contributed by atoms with Crippen molar-refractivity contribution in [3.05, 3.63) is 34.1 Å². The molecule has 7 nitrogen and oxygen atoms in total. The first-order valence-corrected chi connectivity index (χ1v) is 10.1. The standard InChI is InChI=1S/C16H11ClF6N4O3S/c1-3-6-10(24-5-8(16(21,22)23)11(6)31(28,29)30)14-25-9-4-7(15(18,19)20)12(17)26-13(9)27(14)2/h4-5H,3H2,1-2H3,(H,28,29,30). The predicted molar refractivity (Wildman–Crippen MR) is 95.9 cm³/mol. The van der Waals surface area contributed by atoms with Gasteiger partial charge in [-0.15, -0.1) is 0 Å². The van der Waals surface area contributed by atoms with E-state index in [-0.39, 0.29) is 35.3 Å². The van der Waals surface area contributed by atoms with Crippen LogP contribution in [0.25, 0.3) is 22.7 Å². The SMILES string of the molecule is CCc1c(-c2nc3cc(C(F)(F)F)c(Cl)nc3n2C)ncc(C(F)(F)F)c1S(=O)(=O)O. The van der Waals surface area contributed by atoms with Gasteiger partial charge in [0.15, 0.2) is 11.5 Å². The van der Waals surface area contributed by atoms with Crippen LogP contribution >= 0.6 is 11.6 Å². The van der Waals surface area contributed by atoms with Gasteiger partial charge >= 0.3 is 12.4 Å². The minimum Gasteiger partial charge on any atom is -0.310 e. The molecule has 0 amide bonds. The lowest BCUT2D eigenvalue weighted by atomic mass is 10.1. The van der Waals surface area contributed by atoms with E-state index in [0.717, 1.165) is 4.57 Å². The number of imidazole rings is 1. The van der Waals surface area contributed by atoms with Crippen molar-refractivity contribution in [1.82, 2.24) is 19.5 Å². The summed E-state index contributed by atoms with van der Waals surface area (Å²) in [6, 6.07) is 0.605. The normalized spacial score (nSPS) is 13.2. The molecule has 1 N–H and O–H groups in total. The molecule has 0 saturated heterocycles. The van der Waals surface area contributed by atoms with Crippen molar-refractivity contribution in [2.45, 2.75) is 30.6 Å². The molecule has 0 aromatic carbocycles. The Labute approximate surface area is 175 Å². The second-order valence-electron chi connectivity index (χ2n) is 6.32. The summed E-state index contributed by atoms with van der Waals surface area (Å²) in [5, 5.41) is -0.871. The number of fused-ring (bicyclic) bond motifs is 1. The molecule has 3 aromatic heterocycles. The van der Waals surface area contributed by atoms with Crippen molar-refractivity contribution in [2.24, 2.45) is 7.05 Å². The number of alkyl halides is 6. The Morgan fingerprint density at radius 3 is 2.16 bits per heavy atom. The Bertz CT molecular complexity index is 1300. The fraction of sp³-hybridized carbons (Fsp3) is 0.312. The Morgan fingerprint density at radius 2 is 1.68 bits per heavy atom. The van der Waals surface area contributed by atoms with Crippen LogP contribution in [0, 0.1) is 0 Å². The van der Waals surface area contributed by atoms with E-state index < -0.39 is 49.2 Å². The minimum atomic E-state index is -5.35. The van der Waals surface area contributed by atoms with Crippen molar-refractivity contribution in [3.63, 3.8) is 0 Å². The summed E-state index contributed by atoms with van der Waals surface area (Å²) in [6.07, 6.45) is -10.1. The van der Waals surface area contributed by atoms with E-state index in [1.54, 1.807) is 0 Å². The van der Waals surface area contributed by atoms with Gasteiger partial charge in [0, 0.05) is 18.8 Å². The Hall–Kier alpha value is -2.45. The van der Waals surface area contributed by atoms with Gasteiger partial charge in [-0.05, 0) is 12.5 Å². The molecular weight excluding hydrogens is 478 g/mol. The summed E-state index contributed by atoms with van der Waals surface area (Å²) in [5.41, 5.74) is -4.31. The highest BCUT2D eigenvalue weighted by Gasteiger charge is 2.40. The van der Waals surface area contributed by atoms with Crippen LogP contribution in [0.5, 0.6) is 0 Å². The molecule has 0 saturated carbocycles. The number of nitrogens with zero attached hydrogens (tertiary/aromatic N) is 4. The van der Waals surface area contributed by atoms with Crippen molar-refractivity contribution in [1.29, 1.82) is 0 Å². The second kappa shape index (κ2) is 7.31. The first-order chi connectivity index (χ1) is 14.1. The molecule has 168 valence electrons. The number of halogens is 7. The summed E-state index contributed by atoms with van der Waals surface area (Å²) in [7, 11) is -4.06. The zero-order valence-corrected chi connectivity index (χ0v) is 17.0. The molecule has 0 aliphatic carbocycles. The number of pyridine rings is 2. The Balaban J connectivity index is 2.39. The van der Waals surface area contributed by atoms with Gasteiger partial charge in [0.05, 0.1) is 11.1 Å². The van der Waals surface area contributed by atoms with Gasteiger partial charge in [0.25, 0.3) is 10.1 Å². The monoisotopic (exact) mass is 488 g/mol. The second-order valence-corrected chi connectivity index (χ2v) is 8.03. The lowest BCUT2D eigenvalue weighted by molar-refractivity contribution is -0.140. The van der Waals surface area contributed by atoms with Crippen LogP contribution in [0.15, 0.2) is 17.2 Å². The van der Waals surface area contributed by atoms with E-state index in [1.807, 2.05) is 0 Å². The topological polar surface area (TPSA) is 98.0 Å². The molecule has 0 atom stereocenters. The van der Waals surface area contributed by atoms with Crippen molar-refractivity contribution in [3.8, 4) is 11.5 Å². The van der Waals surface area contributed by atoms with Crippen LogP contribution in [-0.2, 0) is 35.9 Å². The Morgan fingerprint density at radius 1 is 1.10 bits per heavy atom. The molecule has 3 aromatic rings. The molecule has 0 radical (unpaired) electrons. The van der Waals surface area contributed by atoms with E-state index >= 15 is 0 Å². The molecule has 0 aliphatic rings. The van der Waals surface area contributed by atoms with Crippen LogP contribution in [0.2, 0.25) is 5.15 Å². The number of rotatable bonds is 3. The maximum Gasteiger partial charge on any atom is 0.419 e. The van der Waals surface area contributed by atoms with Gasteiger partial charge in [-0.2, -0.15) is 34.8 Å². The fourth-order valence-electron chi connectivity index (χ4n) is 3.05. The molecule has 0 fully saturated rings. The first-order valence-electron chi connectivity index (χ1n) is 8.24. The minimum absolute atomic E-state index is 0.148.